The van der Waals surface area contributed by atoms with E-state index in [1.165, 1.54) is 4.57 Å². The molecule has 0 aliphatic heterocycles. The molecule has 0 bridgehead atoms. The molecule has 1 heterocycles. The Bertz CT molecular complexity index is 395. The van der Waals surface area contributed by atoms with Crippen molar-refractivity contribution >= 4 is 5.97 Å². The van der Waals surface area contributed by atoms with Crippen molar-refractivity contribution in [1.82, 2.24) is 4.57 Å². The third-order valence-corrected chi connectivity index (χ3v) is 2.15. The number of carboxylic acid groups (broad SMARTS) is 1. The van der Waals surface area contributed by atoms with E-state index in [-0.39, 0.29) is 12.0 Å². The molecule has 76 valence electrons. The molecule has 0 amide bonds. The molecular formula is C10H13NO3. The van der Waals surface area contributed by atoms with E-state index in [1.54, 1.807) is 32.3 Å². The number of pyridine rings is 1. The third-order valence-electron chi connectivity index (χ3n) is 2.15. The van der Waals surface area contributed by atoms with Gasteiger partial charge in [-0.25, -0.2) is 0 Å². The van der Waals surface area contributed by atoms with Crippen molar-refractivity contribution in [1.29, 1.82) is 0 Å². The van der Waals surface area contributed by atoms with Crippen LogP contribution >= 0.6 is 0 Å². The summed E-state index contributed by atoms with van der Waals surface area (Å²) in [6.45, 7) is 1.59. The van der Waals surface area contributed by atoms with Crippen molar-refractivity contribution in [2.24, 2.45) is 13.0 Å². The molecule has 0 aliphatic rings. The first-order chi connectivity index (χ1) is 6.52. The number of rotatable bonds is 3. The maximum atomic E-state index is 11.5. The summed E-state index contributed by atoms with van der Waals surface area (Å²) in [6.07, 6.45) is 1.93. The van der Waals surface area contributed by atoms with Crippen LogP contribution in [0.2, 0.25) is 0 Å². The summed E-state index contributed by atoms with van der Waals surface area (Å²) in [7, 11) is 1.65. The number of carboxylic acids is 1. The van der Waals surface area contributed by atoms with Crippen LogP contribution in [0.3, 0.4) is 0 Å². The van der Waals surface area contributed by atoms with Crippen molar-refractivity contribution in [2.45, 2.75) is 13.3 Å². The molecule has 1 atom stereocenters. The van der Waals surface area contributed by atoms with E-state index >= 15 is 0 Å². The summed E-state index contributed by atoms with van der Waals surface area (Å²) in [5.41, 5.74) is 0.422. The zero-order valence-electron chi connectivity index (χ0n) is 8.23. The molecule has 14 heavy (non-hydrogen) atoms. The summed E-state index contributed by atoms with van der Waals surface area (Å²) in [5.74, 6) is -1.40. The first-order valence-corrected chi connectivity index (χ1v) is 4.39. The van der Waals surface area contributed by atoms with Gasteiger partial charge in [0.05, 0.1) is 5.92 Å². The molecule has 4 heteroatoms. The van der Waals surface area contributed by atoms with Gasteiger partial charge in [-0.1, -0.05) is 13.0 Å². The third kappa shape index (κ3) is 2.22. The SMILES string of the molecule is CC(Cc1cccn(C)c1=O)C(=O)O. The van der Waals surface area contributed by atoms with Gasteiger partial charge in [0, 0.05) is 18.8 Å². The Kier molecular flexibility index (Phi) is 3.06. The molecular weight excluding hydrogens is 182 g/mol. The van der Waals surface area contributed by atoms with Gasteiger partial charge in [-0.05, 0) is 12.5 Å². The number of aliphatic carboxylic acids is 1. The second kappa shape index (κ2) is 4.09. The molecule has 1 aromatic rings. The van der Waals surface area contributed by atoms with Gasteiger partial charge in [0.2, 0.25) is 0 Å². The summed E-state index contributed by atoms with van der Waals surface area (Å²) in [6, 6.07) is 3.41. The highest BCUT2D eigenvalue weighted by Gasteiger charge is 2.13. The van der Waals surface area contributed by atoms with Crippen LogP contribution in [0.5, 0.6) is 0 Å². The fourth-order valence-corrected chi connectivity index (χ4v) is 1.23. The highest BCUT2D eigenvalue weighted by molar-refractivity contribution is 5.69. The summed E-state index contributed by atoms with van der Waals surface area (Å²) in [5, 5.41) is 8.69. The lowest BCUT2D eigenvalue weighted by Crippen LogP contribution is -2.23. The Morgan fingerprint density at radius 2 is 2.29 bits per heavy atom. The number of hydrogen-bond donors (Lipinski definition) is 1. The summed E-state index contributed by atoms with van der Waals surface area (Å²) in [4.78, 5) is 22.1. The largest absolute Gasteiger partial charge is 0.481 e. The number of nitrogens with zero attached hydrogens (tertiary/aromatic N) is 1. The standard InChI is InChI=1S/C10H13NO3/c1-7(10(13)14)6-8-4-3-5-11(2)9(8)12/h3-5,7H,6H2,1-2H3,(H,13,14). The van der Waals surface area contributed by atoms with Gasteiger partial charge >= 0.3 is 5.97 Å². The van der Waals surface area contributed by atoms with Gasteiger partial charge in [-0.3, -0.25) is 9.59 Å². The first kappa shape index (κ1) is 10.5. The van der Waals surface area contributed by atoms with E-state index in [0.29, 0.717) is 5.56 Å². The minimum atomic E-state index is -0.879. The lowest BCUT2D eigenvalue weighted by atomic mass is 10.0. The lowest BCUT2D eigenvalue weighted by Gasteiger charge is -2.06. The molecule has 1 N–H and O–H groups in total. The number of aryl methyl sites for hydroxylation is 1. The Morgan fingerprint density at radius 1 is 1.64 bits per heavy atom. The topological polar surface area (TPSA) is 59.3 Å². The van der Waals surface area contributed by atoms with Crippen LogP contribution in [-0.2, 0) is 18.3 Å². The second-order valence-corrected chi connectivity index (χ2v) is 3.39. The maximum absolute atomic E-state index is 11.5. The van der Waals surface area contributed by atoms with E-state index in [4.69, 9.17) is 5.11 Å². The molecule has 0 aliphatic carbocycles. The molecule has 0 saturated heterocycles. The molecule has 0 spiro atoms. The van der Waals surface area contributed by atoms with Gasteiger partial charge in [0.1, 0.15) is 0 Å². The number of aromatic nitrogens is 1. The number of carbonyl (C=O) groups is 1. The maximum Gasteiger partial charge on any atom is 0.306 e. The Hall–Kier alpha value is -1.58. The predicted octanol–water partition coefficient (Wildman–Crippen LogP) is 0.648. The van der Waals surface area contributed by atoms with Gasteiger partial charge < -0.3 is 9.67 Å². The highest BCUT2D eigenvalue weighted by atomic mass is 16.4. The van der Waals surface area contributed by atoms with Gasteiger partial charge in [-0.15, -0.1) is 0 Å². The molecule has 1 aromatic heterocycles. The van der Waals surface area contributed by atoms with E-state index in [0.717, 1.165) is 0 Å². The molecule has 0 saturated carbocycles. The minimum Gasteiger partial charge on any atom is -0.481 e. The number of hydrogen-bond acceptors (Lipinski definition) is 2. The Balaban J connectivity index is 2.93. The summed E-state index contributed by atoms with van der Waals surface area (Å²) < 4.78 is 1.45. The van der Waals surface area contributed by atoms with Crippen LogP contribution in [0, 0.1) is 5.92 Å². The van der Waals surface area contributed by atoms with E-state index in [9.17, 15) is 9.59 Å². The van der Waals surface area contributed by atoms with Crippen molar-refractivity contribution in [2.75, 3.05) is 0 Å². The first-order valence-electron chi connectivity index (χ1n) is 4.39. The lowest BCUT2D eigenvalue weighted by molar-refractivity contribution is -0.141. The van der Waals surface area contributed by atoms with Gasteiger partial charge in [0.25, 0.3) is 5.56 Å². The van der Waals surface area contributed by atoms with Crippen LogP contribution in [0.25, 0.3) is 0 Å². The quantitative estimate of drug-likeness (QED) is 0.770. The van der Waals surface area contributed by atoms with Crippen molar-refractivity contribution in [3.8, 4) is 0 Å². The average molecular weight is 195 g/mol. The van der Waals surface area contributed by atoms with Crippen molar-refractivity contribution < 1.29 is 9.90 Å². The van der Waals surface area contributed by atoms with Gasteiger partial charge in [0.15, 0.2) is 0 Å². The fraction of sp³-hybridized carbons (Fsp3) is 0.400. The molecule has 0 radical (unpaired) electrons. The van der Waals surface area contributed by atoms with Crippen LogP contribution < -0.4 is 5.56 Å². The van der Waals surface area contributed by atoms with Crippen molar-refractivity contribution in [3.63, 3.8) is 0 Å². The highest BCUT2D eigenvalue weighted by Crippen LogP contribution is 2.03. The normalized spacial score (nSPS) is 12.4. The van der Waals surface area contributed by atoms with E-state index in [1.807, 2.05) is 0 Å². The molecule has 1 rings (SSSR count). The Labute approximate surface area is 81.8 Å². The van der Waals surface area contributed by atoms with Gasteiger partial charge in [-0.2, -0.15) is 0 Å². The minimum absolute atomic E-state index is 0.124. The Morgan fingerprint density at radius 3 is 2.86 bits per heavy atom. The van der Waals surface area contributed by atoms with Crippen molar-refractivity contribution in [3.05, 3.63) is 34.2 Å². The van der Waals surface area contributed by atoms with Crippen LogP contribution in [0.15, 0.2) is 23.1 Å². The fourth-order valence-electron chi connectivity index (χ4n) is 1.23. The van der Waals surface area contributed by atoms with Crippen LogP contribution in [-0.4, -0.2) is 15.6 Å². The molecule has 1 unspecified atom stereocenters. The second-order valence-electron chi connectivity index (χ2n) is 3.39. The zero-order chi connectivity index (χ0) is 10.7. The molecule has 0 aromatic carbocycles. The molecule has 0 fully saturated rings. The average Bonchev–Trinajstić information content (AvgIpc) is 2.12. The monoisotopic (exact) mass is 195 g/mol. The zero-order valence-corrected chi connectivity index (χ0v) is 8.23. The van der Waals surface area contributed by atoms with E-state index < -0.39 is 11.9 Å². The smallest absolute Gasteiger partial charge is 0.306 e. The van der Waals surface area contributed by atoms with E-state index in [2.05, 4.69) is 0 Å². The predicted molar refractivity (Wildman–Crippen MR) is 52.2 cm³/mol. The molecule has 4 nitrogen and oxygen atoms in total. The van der Waals surface area contributed by atoms with Crippen LogP contribution in [0.4, 0.5) is 0 Å². The van der Waals surface area contributed by atoms with Crippen LogP contribution in [0.1, 0.15) is 12.5 Å². The summed E-state index contributed by atoms with van der Waals surface area (Å²) >= 11 is 0.